The second kappa shape index (κ2) is 9.05. The number of hydrogen-bond acceptors (Lipinski definition) is 7. The molecule has 2 aromatic rings. The van der Waals surface area contributed by atoms with Crippen LogP contribution < -0.4 is 15.4 Å². The van der Waals surface area contributed by atoms with E-state index < -0.39 is 16.8 Å². The van der Waals surface area contributed by atoms with Gasteiger partial charge in [-0.3, -0.25) is 14.9 Å². The molecule has 1 saturated carbocycles. The number of nitrogens with zero attached hydrogens (tertiary/aromatic N) is 1. The molecule has 1 amide bonds. The normalized spacial score (nSPS) is 12.7. The Hall–Kier alpha value is -3.62. The molecule has 0 unspecified atom stereocenters. The molecule has 0 bridgehead atoms. The molecule has 0 spiro atoms. The lowest BCUT2D eigenvalue weighted by molar-refractivity contribution is -0.384. The molecule has 0 aromatic heterocycles. The number of ether oxygens (including phenoxy) is 2. The highest BCUT2D eigenvalue weighted by atomic mass is 16.6. The quantitative estimate of drug-likeness (QED) is 0.377. The van der Waals surface area contributed by atoms with Gasteiger partial charge in [-0.2, -0.15) is 0 Å². The Morgan fingerprint density at radius 3 is 2.69 bits per heavy atom. The van der Waals surface area contributed by atoms with E-state index in [-0.39, 0.29) is 30.5 Å². The second-order valence-electron chi connectivity index (χ2n) is 6.48. The summed E-state index contributed by atoms with van der Waals surface area (Å²) in [6.07, 6.45) is 1.96. The van der Waals surface area contributed by atoms with E-state index in [0.29, 0.717) is 17.1 Å². The Labute approximate surface area is 167 Å². The van der Waals surface area contributed by atoms with E-state index in [1.54, 1.807) is 37.3 Å². The summed E-state index contributed by atoms with van der Waals surface area (Å²) < 4.78 is 10.1. The number of carbonyl (C=O) groups is 2. The van der Waals surface area contributed by atoms with Crippen LogP contribution in [0.25, 0.3) is 0 Å². The third-order valence-corrected chi connectivity index (χ3v) is 4.15. The first-order valence-electron chi connectivity index (χ1n) is 9.21. The van der Waals surface area contributed by atoms with E-state index in [0.717, 1.165) is 12.8 Å². The van der Waals surface area contributed by atoms with Crippen LogP contribution in [0.15, 0.2) is 42.5 Å². The van der Waals surface area contributed by atoms with Crippen molar-refractivity contribution in [3.63, 3.8) is 0 Å². The minimum absolute atomic E-state index is 0.143. The van der Waals surface area contributed by atoms with Crippen LogP contribution in [0.1, 0.15) is 30.1 Å². The highest BCUT2D eigenvalue weighted by Crippen LogP contribution is 2.31. The number of amides is 1. The third-order valence-electron chi connectivity index (χ3n) is 4.15. The Bertz CT molecular complexity index is 926. The molecule has 1 aliphatic rings. The van der Waals surface area contributed by atoms with Gasteiger partial charge in [-0.05, 0) is 44.0 Å². The fourth-order valence-electron chi connectivity index (χ4n) is 2.61. The molecule has 9 heteroatoms. The summed E-state index contributed by atoms with van der Waals surface area (Å²) in [7, 11) is 0. The monoisotopic (exact) mass is 399 g/mol. The maximum absolute atomic E-state index is 12.5. The molecule has 3 rings (SSSR count). The SMILES string of the molecule is CCOC(=O)COc1cccc(NC(=O)c2ccc(NC3CC3)c([N+](=O)[O-])c2)c1. The smallest absolute Gasteiger partial charge is 0.344 e. The number of nitro groups is 1. The van der Waals surface area contributed by atoms with Crippen LogP contribution >= 0.6 is 0 Å². The first kappa shape index (κ1) is 20.1. The van der Waals surface area contributed by atoms with Gasteiger partial charge in [0.25, 0.3) is 11.6 Å². The van der Waals surface area contributed by atoms with E-state index in [9.17, 15) is 19.7 Å². The molecule has 0 atom stereocenters. The molecule has 152 valence electrons. The molecular formula is C20H21N3O6. The average molecular weight is 399 g/mol. The van der Waals surface area contributed by atoms with Crippen LogP contribution in [0.4, 0.5) is 17.1 Å². The maximum Gasteiger partial charge on any atom is 0.344 e. The number of nitrogens with one attached hydrogen (secondary N) is 2. The molecule has 29 heavy (non-hydrogen) atoms. The number of rotatable bonds is 9. The van der Waals surface area contributed by atoms with Crippen molar-refractivity contribution in [2.45, 2.75) is 25.8 Å². The van der Waals surface area contributed by atoms with E-state index in [1.165, 1.54) is 12.1 Å². The zero-order chi connectivity index (χ0) is 20.8. The fraction of sp³-hybridized carbons (Fsp3) is 0.300. The summed E-state index contributed by atoms with van der Waals surface area (Å²) in [4.78, 5) is 34.7. The predicted molar refractivity (Wildman–Crippen MR) is 106 cm³/mol. The van der Waals surface area contributed by atoms with Crippen molar-refractivity contribution in [3.8, 4) is 5.75 Å². The number of benzene rings is 2. The summed E-state index contributed by atoms with van der Waals surface area (Å²) in [5, 5.41) is 17.1. The predicted octanol–water partition coefficient (Wildman–Crippen LogP) is 3.36. The maximum atomic E-state index is 12.5. The van der Waals surface area contributed by atoms with Crippen LogP contribution in [0.3, 0.4) is 0 Å². The fourth-order valence-corrected chi connectivity index (χ4v) is 2.61. The van der Waals surface area contributed by atoms with Gasteiger partial charge in [0, 0.05) is 29.4 Å². The first-order valence-corrected chi connectivity index (χ1v) is 9.21. The van der Waals surface area contributed by atoms with Gasteiger partial charge in [0.2, 0.25) is 0 Å². The lowest BCUT2D eigenvalue weighted by Crippen LogP contribution is -2.15. The van der Waals surface area contributed by atoms with Crippen LogP contribution in [0.2, 0.25) is 0 Å². The first-order chi connectivity index (χ1) is 14.0. The zero-order valence-corrected chi connectivity index (χ0v) is 15.8. The number of nitro benzene ring substituents is 1. The van der Waals surface area contributed by atoms with Crippen molar-refractivity contribution in [1.82, 2.24) is 0 Å². The Kier molecular flexibility index (Phi) is 6.28. The molecule has 0 heterocycles. The van der Waals surface area contributed by atoms with E-state index in [1.807, 2.05) is 0 Å². The van der Waals surface area contributed by atoms with Crippen LogP contribution in [0, 0.1) is 10.1 Å². The van der Waals surface area contributed by atoms with E-state index >= 15 is 0 Å². The van der Waals surface area contributed by atoms with Crippen LogP contribution in [0.5, 0.6) is 5.75 Å². The van der Waals surface area contributed by atoms with Crippen molar-refractivity contribution in [2.75, 3.05) is 23.8 Å². The summed E-state index contributed by atoms with van der Waals surface area (Å²) in [5.74, 6) is -0.603. The Morgan fingerprint density at radius 1 is 1.21 bits per heavy atom. The van der Waals surface area contributed by atoms with Gasteiger partial charge in [-0.1, -0.05) is 6.07 Å². The van der Waals surface area contributed by atoms with Gasteiger partial charge >= 0.3 is 5.97 Å². The number of esters is 1. The molecule has 9 nitrogen and oxygen atoms in total. The summed E-state index contributed by atoms with van der Waals surface area (Å²) in [5.41, 5.74) is 0.856. The van der Waals surface area contributed by atoms with E-state index in [2.05, 4.69) is 10.6 Å². The summed E-state index contributed by atoms with van der Waals surface area (Å²) >= 11 is 0. The topological polar surface area (TPSA) is 120 Å². The Morgan fingerprint density at radius 2 is 2.00 bits per heavy atom. The van der Waals surface area contributed by atoms with Gasteiger partial charge in [0.1, 0.15) is 11.4 Å². The number of carbonyl (C=O) groups excluding carboxylic acids is 2. The van der Waals surface area contributed by atoms with Gasteiger partial charge in [0.15, 0.2) is 6.61 Å². The van der Waals surface area contributed by atoms with Gasteiger partial charge in [0.05, 0.1) is 11.5 Å². The van der Waals surface area contributed by atoms with Crippen molar-refractivity contribution < 1.29 is 24.0 Å². The molecule has 1 aliphatic carbocycles. The Balaban J connectivity index is 1.68. The standard InChI is InChI=1S/C20H21N3O6/c1-2-28-19(24)12-29-16-5-3-4-15(11-16)22-20(25)13-6-9-17(21-14-7-8-14)18(10-13)23(26)27/h3-6,9-11,14,21H,2,7-8,12H2,1H3,(H,22,25). The van der Waals surface area contributed by atoms with E-state index in [4.69, 9.17) is 9.47 Å². The average Bonchev–Trinajstić information content (AvgIpc) is 3.51. The molecule has 1 fully saturated rings. The second-order valence-corrected chi connectivity index (χ2v) is 6.48. The lowest BCUT2D eigenvalue weighted by Gasteiger charge is -2.10. The summed E-state index contributed by atoms with van der Waals surface area (Å²) in [6, 6.07) is 11.1. The molecule has 0 aliphatic heterocycles. The number of anilines is 2. The molecule has 2 N–H and O–H groups in total. The van der Waals surface area contributed by atoms with Crippen molar-refractivity contribution >= 4 is 28.9 Å². The minimum Gasteiger partial charge on any atom is -0.482 e. The van der Waals surface area contributed by atoms with Crippen LogP contribution in [-0.2, 0) is 9.53 Å². The van der Waals surface area contributed by atoms with Gasteiger partial charge in [-0.25, -0.2) is 4.79 Å². The van der Waals surface area contributed by atoms with Crippen LogP contribution in [-0.4, -0.2) is 36.1 Å². The largest absolute Gasteiger partial charge is 0.482 e. The minimum atomic E-state index is -0.509. The molecule has 0 radical (unpaired) electrons. The van der Waals surface area contributed by atoms with Crippen molar-refractivity contribution in [3.05, 3.63) is 58.1 Å². The third kappa shape index (κ3) is 5.68. The van der Waals surface area contributed by atoms with Gasteiger partial charge in [-0.15, -0.1) is 0 Å². The van der Waals surface area contributed by atoms with Crippen molar-refractivity contribution in [1.29, 1.82) is 0 Å². The van der Waals surface area contributed by atoms with Gasteiger partial charge < -0.3 is 20.1 Å². The molecule has 0 saturated heterocycles. The van der Waals surface area contributed by atoms with Crippen molar-refractivity contribution in [2.24, 2.45) is 0 Å². The highest BCUT2D eigenvalue weighted by molar-refractivity contribution is 6.05. The summed E-state index contributed by atoms with van der Waals surface area (Å²) in [6.45, 7) is 1.72. The molecule has 2 aromatic carbocycles. The highest BCUT2D eigenvalue weighted by Gasteiger charge is 2.25. The lowest BCUT2D eigenvalue weighted by atomic mass is 10.1. The zero-order valence-electron chi connectivity index (χ0n) is 15.8. The number of hydrogen-bond donors (Lipinski definition) is 2. The molecular weight excluding hydrogens is 378 g/mol.